The maximum absolute atomic E-state index is 4.80. The van der Waals surface area contributed by atoms with Crippen molar-refractivity contribution in [1.82, 2.24) is 19.9 Å². The number of nitrogens with zero attached hydrogens (tertiary/aromatic N) is 4. The molecular weight excluding hydrogens is 262 g/mol. The Hall–Kier alpha value is -2.04. The average Bonchev–Trinajstić information content (AvgIpc) is 3.26. The topological polar surface area (TPSA) is 63.6 Å². The minimum atomic E-state index is 0.102. The first-order valence-electron chi connectivity index (χ1n) is 7.73. The van der Waals surface area contributed by atoms with Crippen molar-refractivity contribution in [3.05, 3.63) is 41.4 Å². The normalized spacial score (nSPS) is 18.3. The molecule has 1 fully saturated rings. The third-order valence-corrected chi connectivity index (χ3v) is 4.27. The Morgan fingerprint density at radius 1 is 1.19 bits per heavy atom. The van der Waals surface area contributed by atoms with Crippen molar-refractivity contribution >= 4 is 5.82 Å². The standard InChI is InChI=1S/C16H19N5/c1-10(14-9-17-7-8-18-14)19-16-12-3-2-4-13(12)20-15(21-16)11-5-6-11/h7-11H,2-6H2,1H3,(H,19,20,21)/t10-/m0/s1. The Bertz CT molecular complexity index is 651. The number of anilines is 1. The minimum Gasteiger partial charge on any atom is -0.362 e. The highest BCUT2D eigenvalue weighted by atomic mass is 15.1. The van der Waals surface area contributed by atoms with Crippen molar-refractivity contribution < 1.29 is 0 Å². The predicted molar refractivity (Wildman–Crippen MR) is 80.1 cm³/mol. The highest BCUT2D eigenvalue weighted by molar-refractivity contribution is 5.50. The molecule has 21 heavy (non-hydrogen) atoms. The molecule has 1 saturated carbocycles. The number of hydrogen-bond acceptors (Lipinski definition) is 5. The molecule has 4 rings (SSSR count). The molecule has 5 heteroatoms. The van der Waals surface area contributed by atoms with E-state index in [-0.39, 0.29) is 6.04 Å². The summed E-state index contributed by atoms with van der Waals surface area (Å²) in [6, 6.07) is 0.102. The van der Waals surface area contributed by atoms with Crippen LogP contribution in [-0.2, 0) is 12.8 Å². The second-order valence-electron chi connectivity index (χ2n) is 5.98. The first-order valence-corrected chi connectivity index (χ1v) is 7.73. The summed E-state index contributed by atoms with van der Waals surface area (Å²) in [5, 5.41) is 3.53. The Morgan fingerprint density at radius 2 is 2.10 bits per heavy atom. The van der Waals surface area contributed by atoms with Crippen molar-refractivity contribution in [3.63, 3.8) is 0 Å². The summed E-state index contributed by atoms with van der Waals surface area (Å²) >= 11 is 0. The van der Waals surface area contributed by atoms with Gasteiger partial charge in [0.2, 0.25) is 0 Å². The first kappa shape index (κ1) is 12.7. The van der Waals surface area contributed by atoms with E-state index in [1.165, 1.54) is 30.5 Å². The first-order chi connectivity index (χ1) is 10.3. The van der Waals surface area contributed by atoms with Crippen molar-refractivity contribution in [3.8, 4) is 0 Å². The van der Waals surface area contributed by atoms with Crippen molar-refractivity contribution in [1.29, 1.82) is 0 Å². The van der Waals surface area contributed by atoms with E-state index in [9.17, 15) is 0 Å². The van der Waals surface area contributed by atoms with Gasteiger partial charge in [-0.1, -0.05) is 0 Å². The summed E-state index contributed by atoms with van der Waals surface area (Å²) in [6.45, 7) is 2.10. The highest BCUT2D eigenvalue weighted by Gasteiger charge is 2.30. The van der Waals surface area contributed by atoms with Crippen LogP contribution in [0.5, 0.6) is 0 Å². The lowest BCUT2D eigenvalue weighted by atomic mass is 10.2. The summed E-state index contributed by atoms with van der Waals surface area (Å²) in [7, 11) is 0. The van der Waals surface area contributed by atoms with E-state index in [1.807, 2.05) is 0 Å². The molecular formula is C16H19N5. The predicted octanol–water partition coefficient (Wildman–Crippen LogP) is 2.81. The third kappa shape index (κ3) is 2.48. The monoisotopic (exact) mass is 281 g/mol. The molecule has 0 unspecified atom stereocenters. The molecule has 0 saturated heterocycles. The second-order valence-corrected chi connectivity index (χ2v) is 5.98. The average molecular weight is 281 g/mol. The molecule has 0 spiro atoms. The summed E-state index contributed by atoms with van der Waals surface area (Å²) in [4.78, 5) is 18.1. The lowest BCUT2D eigenvalue weighted by Crippen LogP contribution is -2.13. The molecule has 0 aromatic carbocycles. The third-order valence-electron chi connectivity index (χ3n) is 4.27. The largest absolute Gasteiger partial charge is 0.362 e. The van der Waals surface area contributed by atoms with Crippen molar-refractivity contribution in [2.24, 2.45) is 0 Å². The maximum atomic E-state index is 4.80. The van der Waals surface area contributed by atoms with Gasteiger partial charge in [0.15, 0.2) is 0 Å². The van der Waals surface area contributed by atoms with Crippen LogP contribution in [0.15, 0.2) is 18.6 Å². The van der Waals surface area contributed by atoms with Gasteiger partial charge in [-0.25, -0.2) is 9.97 Å². The van der Waals surface area contributed by atoms with Crippen LogP contribution in [0.4, 0.5) is 5.82 Å². The smallest absolute Gasteiger partial charge is 0.134 e. The van der Waals surface area contributed by atoms with E-state index in [2.05, 4.69) is 22.2 Å². The molecule has 1 atom stereocenters. The van der Waals surface area contributed by atoms with Crippen LogP contribution in [-0.4, -0.2) is 19.9 Å². The highest BCUT2D eigenvalue weighted by Crippen LogP contribution is 2.40. The molecule has 0 amide bonds. The van der Waals surface area contributed by atoms with Gasteiger partial charge >= 0.3 is 0 Å². The Morgan fingerprint density at radius 3 is 2.86 bits per heavy atom. The fourth-order valence-electron chi connectivity index (χ4n) is 2.91. The van der Waals surface area contributed by atoms with E-state index in [0.717, 1.165) is 30.2 Å². The van der Waals surface area contributed by atoms with Gasteiger partial charge in [0.1, 0.15) is 11.6 Å². The number of aryl methyl sites for hydroxylation is 1. The van der Waals surface area contributed by atoms with Gasteiger partial charge < -0.3 is 5.32 Å². The quantitative estimate of drug-likeness (QED) is 0.933. The molecule has 108 valence electrons. The molecule has 0 radical (unpaired) electrons. The van der Waals surface area contributed by atoms with Gasteiger partial charge in [0, 0.05) is 29.6 Å². The summed E-state index contributed by atoms with van der Waals surface area (Å²) in [5.41, 5.74) is 3.49. The zero-order chi connectivity index (χ0) is 14.2. The van der Waals surface area contributed by atoms with E-state index < -0.39 is 0 Å². The van der Waals surface area contributed by atoms with Crippen LogP contribution >= 0.6 is 0 Å². The number of aromatic nitrogens is 4. The van der Waals surface area contributed by atoms with Gasteiger partial charge in [-0.05, 0) is 39.0 Å². The van der Waals surface area contributed by atoms with Crippen LogP contribution in [0.1, 0.15) is 60.9 Å². The summed E-state index contributed by atoms with van der Waals surface area (Å²) in [5.74, 6) is 2.63. The minimum absolute atomic E-state index is 0.102. The van der Waals surface area contributed by atoms with E-state index >= 15 is 0 Å². The molecule has 2 aliphatic carbocycles. The van der Waals surface area contributed by atoms with Crippen LogP contribution in [0.2, 0.25) is 0 Å². The van der Waals surface area contributed by atoms with Gasteiger partial charge in [-0.3, -0.25) is 9.97 Å². The molecule has 5 nitrogen and oxygen atoms in total. The maximum Gasteiger partial charge on any atom is 0.134 e. The molecule has 2 aliphatic rings. The zero-order valence-corrected chi connectivity index (χ0v) is 12.2. The SMILES string of the molecule is C[C@H](Nc1nc(C2CC2)nc2c1CCC2)c1cnccn1. The lowest BCUT2D eigenvalue weighted by Gasteiger charge is -2.17. The fourth-order valence-corrected chi connectivity index (χ4v) is 2.91. The molecule has 0 aliphatic heterocycles. The van der Waals surface area contributed by atoms with E-state index in [1.54, 1.807) is 18.6 Å². The number of hydrogen-bond donors (Lipinski definition) is 1. The Balaban J connectivity index is 1.65. The van der Waals surface area contributed by atoms with E-state index in [0.29, 0.717) is 5.92 Å². The Kier molecular flexibility index (Phi) is 3.05. The van der Waals surface area contributed by atoms with E-state index in [4.69, 9.17) is 9.97 Å². The molecule has 2 heterocycles. The molecule has 1 N–H and O–H groups in total. The van der Waals surface area contributed by atoms with Gasteiger partial charge in [0.25, 0.3) is 0 Å². The summed E-state index contributed by atoms with van der Waals surface area (Å²) in [6.07, 6.45) is 11.1. The Labute approximate surface area is 124 Å². The van der Waals surface area contributed by atoms with Crippen molar-refractivity contribution in [2.75, 3.05) is 5.32 Å². The van der Waals surface area contributed by atoms with Crippen LogP contribution < -0.4 is 5.32 Å². The lowest BCUT2D eigenvalue weighted by molar-refractivity contribution is 0.804. The zero-order valence-electron chi connectivity index (χ0n) is 12.2. The van der Waals surface area contributed by atoms with Crippen LogP contribution in [0.25, 0.3) is 0 Å². The second kappa shape index (κ2) is 5.06. The van der Waals surface area contributed by atoms with Crippen LogP contribution in [0.3, 0.4) is 0 Å². The van der Waals surface area contributed by atoms with Crippen molar-refractivity contribution in [2.45, 2.75) is 51.0 Å². The summed E-state index contributed by atoms with van der Waals surface area (Å²) < 4.78 is 0. The van der Waals surface area contributed by atoms with Gasteiger partial charge in [-0.2, -0.15) is 0 Å². The number of rotatable bonds is 4. The molecule has 2 aromatic heterocycles. The van der Waals surface area contributed by atoms with Crippen LogP contribution in [0, 0.1) is 0 Å². The molecule has 2 aromatic rings. The van der Waals surface area contributed by atoms with Gasteiger partial charge in [0.05, 0.1) is 17.9 Å². The van der Waals surface area contributed by atoms with Gasteiger partial charge in [-0.15, -0.1) is 0 Å². The number of fused-ring (bicyclic) bond motifs is 1. The number of nitrogens with one attached hydrogen (secondary N) is 1. The molecule has 0 bridgehead atoms. The fraction of sp³-hybridized carbons (Fsp3) is 0.500.